The third-order valence-electron chi connectivity index (χ3n) is 10.9. The van der Waals surface area contributed by atoms with Crippen molar-refractivity contribution in [1.82, 2.24) is 4.98 Å². The number of hydrogen-bond donors (Lipinski definition) is 0. The van der Waals surface area contributed by atoms with Gasteiger partial charge in [-0.1, -0.05) is 133 Å². The van der Waals surface area contributed by atoms with Crippen LogP contribution in [0, 0.1) is 0 Å². The van der Waals surface area contributed by atoms with Crippen LogP contribution >= 0.6 is 0 Å². The van der Waals surface area contributed by atoms with Crippen LogP contribution in [0.2, 0.25) is 0 Å². The summed E-state index contributed by atoms with van der Waals surface area (Å²) < 4.78 is 6.66. The second-order valence-electron chi connectivity index (χ2n) is 13.9. The molecule has 3 nitrogen and oxygen atoms in total. The van der Waals surface area contributed by atoms with E-state index in [0.29, 0.717) is 0 Å². The average Bonchev–Trinajstić information content (AvgIpc) is 3.63. The lowest BCUT2D eigenvalue weighted by atomic mass is 9.93. The van der Waals surface area contributed by atoms with Crippen molar-refractivity contribution in [3.05, 3.63) is 194 Å². The van der Waals surface area contributed by atoms with Crippen molar-refractivity contribution < 1.29 is 4.42 Å². The van der Waals surface area contributed by atoms with Gasteiger partial charge in [0.05, 0.1) is 5.69 Å². The lowest BCUT2D eigenvalue weighted by Gasteiger charge is -2.27. The quantitative estimate of drug-likeness (QED) is 0.169. The molecule has 0 N–H and O–H groups in total. The molecule has 0 fully saturated rings. The summed E-state index contributed by atoms with van der Waals surface area (Å²) in [6.45, 7) is 0. The molecule has 0 saturated heterocycles. The maximum atomic E-state index is 6.66. The van der Waals surface area contributed by atoms with Gasteiger partial charge in [-0.05, 0) is 108 Å². The van der Waals surface area contributed by atoms with E-state index in [2.05, 4.69) is 186 Å². The summed E-state index contributed by atoms with van der Waals surface area (Å²) in [5.41, 5.74) is 9.63. The van der Waals surface area contributed by atoms with Crippen molar-refractivity contribution in [2.45, 2.75) is 0 Å². The van der Waals surface area contributed by atoms with Gasteiger partial charge in [0.15, 0.2) is 0 Å². The standard InChI is InChI=1S/C51H32N2O/c1-3-16-40-33(10-1)12-8-20-41(40)36-14-7-15-39(30-36)53(48-21-9-13-35-24-27-45-47-32-52-29-28-49(47)54-51(45)50(35)48)38-25-22-34(23-26-38)46-31-37-11-2-4-17-42(37)43-18-5-6-19-44(43)46/h1-32H. The first-order chi connectivity index (χ1) is 26.8. The molecule has 9 aromatic carbocycles. The average molecular weight is 689 g/mol. The topological polar surface area (TPSA) is 29.3 Å². The Balaban J connectivity index is 1.14. The second-order valence-corrected chi connectivity index (χ2v) is 13.9. The van der Waals surface area contributed by atoms with E-state index in [-0.39, 0.29) is 0 Å². The molecule has 0 saturated carbocycles. The van der Waals surface area contributed by atoms with E-state index in [4.69, 9.17) is 4.42 Å². The zero-order chi connectivity index (χ0) is 35.6. The Morgan fingerprint density at radius 3 is 2.02 bits per heavy atom. The highest BCUT2D eigenvalue weighted by molar-refractivity contribution is 6.19. The Morgan fingerprint density at radius 2 is 1.13 bits per heavy atom. The van der Waals surface area contributed by atoms with E-state index in [0.717, 1.165) is 55.3 Å². The summed E-state index contributed by atoms with van der Waals surface area (Å²) in [6.07, 6.45) is 3.69. The molecular weight excluding hydrogens is 657 g/mol. The minimum absolute atomic E-state index is 0.832. The van der Waals surface area contributed by atoms with Crippen LogP contribution in [0.5, 0.6) is 0 Å². The largest absolute Gasteiger partial charge is 0.455 e. The van der Waals surface area contributed by atoms with Gasteiger partial charge in [0.25, 0.3) is 0 Å². The Morgan fingerprint density at radius 1 is 0.407 bits per heavy atom. The smallest absolute Gasteiger partial charge is 0.145 e. The number of benzene rings is 9. The molecule has 0 radical (unpaired) electrons. The molecule has 11 rings (SSSR count). The normalized spacial score (nSPS) is 11.7. The molecule has 0 unspecified atom stereocenters. The predicted octanol–water partition coefficient (Wildman–Crippen LogP) is 14.4. The fourth-order valence-electron chi connectivity index (χ4n) is 8.41. The minimum Gasteiger partial charge on any atom is -0.455 e. The van der Waals surface area contributed by atoms with Gasteiger partial charge in [-0.3, -0.25) is 4.98 Å². The van der Waals surface area contributed by atoms with Crippen LogP contribution in [0.4, 0.5) is 17.1 Å². The van der Waals surface area contributed by atoms with Crippen LogP contribution in [0.15, 0.2) is 199 Å². The van der Waals surface area contributed by atoms with E-state index in [1.807, 2.05) is 12.3 Å². The van der Waals surface area contributed by atoms with Crippen LogP contribution in [0.3, 0.4) is 0 Å². The maximum Gasteiger partial charge on any atom is 0.145 e. The SMILES string of the molecule is c1cc(-c2cccc3ccccc23)cc(N(c2ccc(-c3cc4ccccc4c4ccccc34)cc2)c2cccc3ccc4c5cnccc5oc4c23)c1. The Hall–Kier alpha value is -7.23. The number of furan rings is 1. The molecule has 54 heavy (non-hydrogen) atoms. The number of rotatable bonds is 5. The number of fused-ring (bicyclic) bond motifs is 9. The Bertz CT molecular complexity index is 3230. The Labute approximate surface area is 312 Å². The van der Waals surface area contributed by atoms with Gasteiger partial charge in [-0.2, -0.15) is 0 Å². The van der Waals surface area contributed by atoms with Crippen molar-refractivity contribution >= 4 is 82.1 Å². The predicted molar refractivity (Wildman–Crippen MR) is 227 cm³/mol. The van der Waals surface area contributed by atoms with Crippen molar-refractivity contribution in [3.63, 3.8) is 0 Å². The van der Waals surface area contributed by atoms with Gasteiger partial charge in [-0.15, -0.1) is 0 Å². The second kappa shape index (κ2) is 12.2. The molecule has 0 aliphatic heterocycles. The first-order valence-corrected chi connectivity index (χ1v) is 18.4. The van der Waals surface area contributed by atoms with Crippen LogP contribution < -0.4 is 4.90 Å². The van der Waals surface area contributed by atoms with E-state index in [1.54, 1.807) is 6.20 Å². The molecule has 3 heteroatoms. The minimum atomic E-state index is 0.832. The molecular formula is C51H32N2O. The van der Waals surface area contributed by atoms with Crippen molar-refractivity contribution in [1.29, 1.82) is 0 Å². The zero-order valence-corrected chi connectivity index (χ0v) is 29.3. The van der Waals surface area contributed by atoms with Crippen LogP contribution in [-0.4, -0.2) is 4.98 Å². The summed E-state index contributed by atoms with van der Waals surface area (Å²) in [5, 5.41) is 11.7. The molecule has 252 valence electrons. The van der Waals surface area contributed by atoms with E-state index >= 15 is 0 Å². The maximum absolute atomic E-state index is 6.66. The summed E-state index contributed by atoms with van der Waals surface area (Å²) in [6, 6.07) is 65.7. The molecule has 0 atom stereocenters. The molecule has 0 amide bonds. The van der Waals surface area contributed by atoms with E-state index in [1.165, 1.54) is 49.0 Å². The molecule has 0 spiro atoms. The molecule has 0 aliphatic rings. The molecule has 2 heterocycles. The zero-order valence-electron chi connectivity index (χ0n) is 29.3. The monoisotopic (exact) mass is 688 g/mol. The molecule has 2 aromatic heterocycles. The first-order valence-electron chi connectivity index (χ1n) is 18.4. The number of aromatic nitrogens is 1. The van der Waals surface area contributed by atoms with E-state index < -0.39 is 0 Å². The van der Waals surface area contributed by atoms with Crippen LogP contribution in [-0.2, 0) is 0 Å². The number of pyridine rings is 1. The highest BCUT2D eigenvalue weighted by Crippen LogP contribution is 2.45. The first kappa shape index (κ1) is 30.4. The molecule has 11 aromatic rings. The van der Waals surface area contributed by atoms with Gasteiger partial charge in [0.2, 0.25) is 0 Å². The summed E-state index contributed by atoms with van der Waals surface area (Å²) >= 11 is 0. The highest BCUT2D eigenvalue weighted by Gasteiger charge is 2.21. The van der Waals surface area contributed by atoms with E-state index in [9.17, 15) is 0 Å². The fourth-order valence-corrected chi connectivity index (χ4v) is 8.41. The molecule has 0 bridgehead atoms. The number of hydrogen-bond acceptors (Lipinski definition) is 3. The molecule has 0 aliphatic carbocycles. The fraction of sp³-hybridized carbons (Fsp3) is 0. The van der Waals surface area contributed by atoms with Gasteiger partial charge in [0.1, 0.15) is 11.2 Å². The summed E-state index contributed by atoms with van der Waals surface area (Å²) in [4.78, 5) is 6.81. The number of anilines is 3. The summed E-state index contributed by atoms with van der Waals surface area (Å²) in [5.74, 6) is 0. The third kappa shape index (κ3) is 4.79. The summed E-state index contributed by atoms with van der Waals surface area (Å²) in [7, 11) is 0. The van der Waals surface area contributed by atoms with Crippen molar-refractivity contribution in [2.24, 2.45) is 0 Å². The van der Waals surface area contributed by atoms with Gasteiger partial charge >= 0.3 is 0 Å². The Kier molecular flexibility index (Phi) is 6.86. The number of nitrogens with zero attached hydrogens (tertiary/aromatic N) is 2. The highest BCUT2D eigenvalue weighted by atomic mass is 16.3. The third-order valence-corrected chi connectivity index (χ3v) is 10.9. The van der Waals surface area contributed by atoms with Gasteiger partial charge < -0.3 is 9.32 Å². The lowest BCUT2D eigenvalue weighted by molar-refractivity contribution is 0.672. The lowest BCUT2D eigenvalue weighted by Crippen LogP contribution is -2.10. The van der Waals surface area contributed by atoms with Crippen LogP contribution in [0.25, 0.3) is 87.3 Å². The van der Waals surface area contributed by atoms with Crippen molar-refractivity contribution in [3.8, 4) is 22.3 Å². The van der Waals surface area contributed by atoms with Gasteiger partial charge in [-0.25, -0.2) is 0 Å². The van der Waals surface area contributed by atoms with Crippen LogP contribution in [0.1, 0.15) is 0 Å². The van der Waals surface area contributed by atoms with Gasteiger partial charge in [0, 0.05) is 39.9 Å². The van der Waals surface area contributed by atoms with Crippen molar-refractivity contribution in [2.75, 3.05) is 4.90 Å².